The highest BCUT2D eigenvalue weighted by Gasteiger charge is 2.37. The van der Waals surface area contributed by atoms with Gasteiger partial charge in [0.1, 0.15) is 5.82 Å². The van der Waals surface area contributed by atoms with Crippen LogP contribution in [0.3, 0.4) is 0 Å². The molecule has 0 saturated heterocycles. The molecule has 0 spiro atoms. The summed E-state index contributed by atoms with van der Waals surface area (Å²) in [5, 5.41) is 19.3. The monoisotopic (exact) mass is 276 g/mol. The minimum absolute atomic E-state index is 0.143. The predicted octanol–water partition coefficient (Wildman–Crippen LogP) is -0.102. The molecule has 3 N–H and O–H groups in total. The van der Waals surface area contributed by atoms with Crippen molar-refractivity contribution in [1.29, 1.82) is 0 Å². The molecular formula is C13H16N4O3. The first-order chi connectivity index (χ1) is 9.52. The van der Waals surface area contributed by atoms with Crippen LogP contribution in [-0.2, 0) is 0 Å². The Labute approximate surface area is 114 Å². The Kier molecular flexibility index (Phi) is 2.95. The normalized spacial score (nSPS) is 26.6. The lowest BCUT2D eigenvalue weighted by Gasteiger charge is -2.15. The molecule has 2 heterocycles. The molecule has 0 bridgehead atoms. The summed E-state index contributed by atoms with van der Waals surface area (Å²) in [6, 6.07) is -0.208. The number of imidazole rings is 1. The van der Waals surface area contributed by atoms with Gasteiger partial charge in [0.2, 0.25) is 0 Å². The fourth-order valence-electron chi connectivity index (χ4n) is 2.83. The van der Waals surface area contributed by atoms with E-state index in [-0.39, 0.29) is 29.6 Å². The van der Waals surface area contributed by atoms with Gasteiger partial charge in [-0.1, -0.05) is 6.58 Å². The van der Waals surface area contributed by atoms with Gasteiger partial charge < -0.3 is 19.8 Å². The minimum Gasteiger partial charge on any atom is -0.396 e. The molecule has 1 fully saturated rings. The number of fused-ring (bicyclic) bond motifs is 1. The van der Waals surface area contributed by atoms with E-state index in [2.05, 4.69) is 21.5 Å². The van der Waals surface area contributed by atoms with Gasteiger partial charge in [-0.2, -0.15) is 0 Å². The van der Waals surface area contributed by atoms with E-state index < -0.39 is 6.10 Å². The molecule has 7 heteroatoms. The molecule has 2 aromatic heterocycles. The highest BCUT2D eigenvalue weighted by Crippen LogP contribution is 2.39. The Morgan fingerprint density at radius 2 is 2.35 bits per heavy atom. The fourth-order valence-corrected chi connectivity index (χ4v) is 2.83. The van der Waals surface area contributed by atoms with E-state index >= 15 is 0 Å². The summed E-state index contributed by atoms with van der Waals surface area (Å²) in [4.78, 5) is 22.8. The number of nitrogens with one attached hydrogen (secondary N) is 1. The molecule has 7 nitrogen and oxygen atoms in total. The molecule has 0 aromatic carbocycles. The summed E-state index contributed by atoms with van der Waals surface area (Å²) in [6.07, 6.45) is 1.33. The number of nitrogens with zero attached hydrogens (tertiary/aromatic N) is 3. The number of aromatic nitrogens is 4. The van der Waals surface area contributed by atoms with E-state index in [1.807, 2.05) is 0 Å². The minimum atomic E-state index is -0.641. The molecule has 0 amide bonds. The molecule has 1 saturated carbocycles. The maximum Gasteiger partial charge on any atom is 0.279 e. The van der Waals surface area contributed by atoms with Crippen LogP contribution in [0.4, 0.5) is 0 Å². The van der Waals surface area contributed by atoms with Crippen LogP contribution < -0.4 is 5.56 Å². The standard InChI is InChI=1S/C13H16N4O3/c1-6-8(4-18)10(19)3-9(6)17-5-14-11-12(17)15-7(2)16-13(11)20/h5,8-10,18-19H,1,3-4H2,2H3,(H,15,16,20)/t8-,9-,10-/m0/s1. The van der Waals surface area contributed by atoms with E-state index in [4.69, 9.17) is 0 Å². The second-order valence-electron chi connectivity index (χ2n) is 5.16. The van der Waals surface area contributed by atoms with Crippen molar-refractivity contribution in [2.45, 2.75) is 25.5 Å². The summed E-state index contributed by atoms with van der Waals surface area (Å²) in [7, 11) is 0. The second-order valence-corrected chi connectivity index (χ2v) is 5.16. The predicted molar refractivity (Wildman–Crippen MR) is 72.3 cm³/mol. The largest absolute Gasteiger partial charge is 0.396 e. The zero-order chi connectivity index (χ0) is 14.4. The Morgan fingerprint density at radius 1 is 1.60 bits per heavy atom. The number of rotatable bonds is 2. The summed E-state index contributed by atoms with van der Waals surface area (Å²) in [5.41, 5.74) is 1.20. The second kappa shape index (κ2) is 4.53. The number of hydrogen-bond donors (Lipinski definition) is 3. The molecule has 3 rings (SSSR count). The van der Waals surface area contributed by atoms with Crippen molar-refractivity contribution < 1.29 is 10.2 Å². The van der Waals surface area contributed by atoms with Gasteiger partial charge >= 0.3 is 0 Å². The Balaban J connectivity index is 2.12. The summed E-state index contributed by atoms with van der Waals surface area (Å²) in [5.74, 6) is 0.160. The molecule has 20 heavy (non-hydrogen) atoms. The number of hydrogen-bond acceptors (Lipinski definition) is 5. The third kappa shape index (κ3) is 1.78. The van der Waals surface area contributed by atoms with Crippen LogP contribution >= 0.6 is 0 Å². The van der Waals surface area contributed by atoms with Crippen LogP contribution in [0.2, 0.25) is 0 Å². The van der Waals surface area contributed by atoms with E-state index in [9.17, 15) is 15.0 Å². The third-order valence-corrected chi connectivity index (χ3v) is 3.92. The van der Waals surface area contributed by atoms with E-state index in [0.717, 1.165) is 5.57 Å². The van der Waals surface area contributed by atoms with Crippen molar-refractivity contribution in [3.8, 4) is 0 Å². The fraction of sp³-hybridized carbons (Fsp3) is 0.462. The third-order valence-electron chi connectivity index (χ3n) is 3.92. The Bertz CT molecular complexity index is 733. The summed E-state index contributed by atoms with van der Waals surface area (Å²) >= 11 is 0. The van der Waals surface area contributed by atoms with Crippen LogP contribution in [0.15, 0.2) is 23.3 Å². The van der Waals surface area contributed by atoms with Gasteiger partial charge in [0, 0.05) is 5.92 Å². The first kappa shape index (κ1) is 13.0. The topological polar surface area (TPSA) is 104 Å². The molecule has 0 radical (unpaired) electrons. The summed E-state index contributed by atoms with van der Waals surface area (Å²) < 4.78 is 1.75. The first-order valence-corrected chi connectivity index (χ1v) is 6.44. The number of H-pyrrole nitrogens is 1. The molecule has 0 unspecified atom stereocenters. The lowest BCUT2D eigenvalue weighted by atomic mass is 10.0. The van der Waals surface area contributed by atoms with Gasteiger partial charge in [-0.25, -0.2) is 9.97 Å². The molecule has 106 valence electrons. The van der Waals surface area contributed by atoms with E-state index in [0.29, 0.717) is 17.9 Å². The molecule has 1 aliphatic carbocycles. The average molecular weight is 276 g/mol. The highest BCUT2D eigenvalue weighted by molar-refractivity contribution is 5.69. The smallest absolute Gasteiger partial charge is 0.279 e. The summed E-state index contributed by atoms with van der Waals surface area (Å²) in [6.45, 7) is 5.52. The first-order valence-electron chi connectivity index (χ1n) is 6.44. The van der Waals surface area contributed by atoms with Crippen molar-refractivity contribution in [1.82, 2.24) is 19.5 Å². The van der Waals surface area contributed by atoms with Crippen LogP contribution in [0.25, 0.3) is 11.2 Å². The highest BCUT2D eigenvalue weighted by atomic mass is 16.3. The van der Waals surface area contributed by atoms with Crippen molar-refractivity contribution in [2.75, 3.05) is 6.61 Å². The zero-order valence-corrected chi connectivity index (χ0v) is 11.1. The molecule has 1 aliphatic rings. The maximum atomic E-state index is 11.8. The average Bonchev–Trinajstić information content (AvgIpc) is 2.91. The maximum absolute atomic E-state index is 11.8. The van der Waals surface area contributed by atoms with Crippen molar-refractivity contribution in [2.24, 2.45) is 5.92 Å². The van der Waals surface area contributed by atoms with Crippen LogP contribution in [0.1, 0.15) is 18.3 Å². The van der Waals surface area contributed by atoms with Crippen molar-refractivity contribution in [3.63, 3.8) is 0 Å². The Morgan fingerprint density at radius 3 is 3.00 bits per heavy atom. The van der Waals surface area contributed by atoms with Gasteiger partial charge in [0.25, 0.3) is 5.56 Å². The van der Waals surface area contributed by atoms with E-state index in [1.165, 1.54) is 6.33 Å². The number of aromatic amines is 1. The van der Waals surface area contributed by atoms with Crippen molar-refractivity contribution >= 4 is 11.2 Å². The molecular weight excluding hydrogens is 260 g/mol. The van der Waals surface area contributed by atoms with E-state index in [1.54, 1.807) is 11.5 Å². The Hall–Kier alpha value is -1.99. The number of aryl methyl sites for hydroxylation is 1. The lowest BCUT2D eigenvalue weighted by molar-refractivity contribution is 0.101. The SMILES string of the molecule is C=C1[C@H](CO)[C@@H](O)C[C@@H]1n1cnc2c(=O)[nH]c(C)nc21. The van der Waals surface area contributed by atoms with Gasteiger partial charge in [0.05, 0.1) is 25.1 Å². The molecule has 3 atom stereocenters. The van der Waals surface area contributed by atoms with Crippen LogP contribution in [0.5, 0.6) is 0 Å². The number of aliphatic hydroxyl groups excluding tert-OH is 2. The molecule has 0 aliphatic heterocycles. The molecule has 2 aromatic rings. The quantitative estimate of drug-likeness (QED) is 0.664. The number of aliphatic hydroxyl groups is 2. The van der Waals surface area contributed by atoms with Gasteiger partial charge in [-0.05, 0) is 18.9 Å². The van der Waals surface area contributed by atoms with Crippen LogP contribution in [-0.4, -0.2) is 42.4 Å². The van der Waals surface area contributed by atoms with Gasteiger partial charge in [-0.3, -0.25) is 4.79 Å². The van der Waals surface area contributed by atoms with Crippen molar-refractivity contribution in [3.05, 3.63) is 34.7 Å². The van der Waals surface area contributed by atoms with Gasteiger partial charge in [0.15, 0.2) is 11.2 Å². The lowest BCUT2D eigenvalue weighted by Crippen LogP contribution is -2.17. The zero-order valence-electron chi connectivity index (χ0n) is 11.1. The van der Waals surface area contributed by atoms with Gasteiger partial charge in [-0.15, -0.1) is 0 Å². The van der Waals surface area contributed by atoms with Crippen LogP contribution in [0, 0.1) is 12.8 Å².